The van der Waals surface area contributed by atoms with Crippen LogP contribution in [0.2, 0.25) is 0 Å². The number of thiazole rings is 1. The lowest BCUT2D eigenvalue weighted by Gasteiger charge is -2.05. The molecule has 0 atom stereocenters. The second kappa shape index (κ2) is 9.84. The third-order valence-corrected chi connectivity index (χ3v) is 6.88. The molecular formula is C21H19N5OS3. The fourth-order valence-electron chi connectivity index (χ4n) is 2.72. The Morgan fingerprint density at radius 1 is 1.07 bits per heavy atom. The van der Waals surface area contributed by atoms with Gasteiger partial charge in [-0.25, -0.2) is 4.98 Å². The van der Waals surface area contributed by atoms with Gasteiger partial charge in [0.2, 0.25) is 11.0 Å². The van der Waals surface area contributed by atoms with E-state index in [9.17, 15) is 4.79 Å². The van der Waals surface area contributed by atoms with Gasteiger partial charge >= 0.3 is 0 Å². The number of benzene rings is 2. The third kappa shape index (κ3) is 5.88. The van der Waals surface area contributed by atoms with Crippen molar-refractivity contribution in [2.24, 2.45) is 0 Å². The number of aromatic nitrogens is 3. The maximum atomic E-state index is 11.2. The monoisotopic (exact) mass is 453 g/mol. The lowest BCUT2D eigenvalue weighted by atomic mass is 10.2. The molecule has 0 aliphatic rings. The van der Waals surface area contributed by atoms with Gasteiger partial charge < -0.3 is 10.6 Å². The molecule has 0 aliphatic heterocycles. The van der Waals surface area contributed by atoms with Crippen LogP contribution in [0.5, 0.6) is 0 Å². The molecule has 0 bridgehead atoms. The molecular weight excluding hydrogens is 434 g/mol. The number of hydrogen-bond donors (Lipinski definition) is 2. The van der Waals surface area contributed by atoms with Crippen LogP contribution in [-0.4, -0.2) is 21.1 Å². The minimum atomic E-state index is -0.101. The Morgan fingerprint density at radius 2 is 1.90 bits per heavy atom. The Hall–Kier alpha value is -2.75. The number of nitrogens with zero attached hydrogens (tertiary/aromatic N) is 3. The summed E-state index contributed by atoms with van der Waals surface area (Å²) >= 11 is 4.81. The summed E-state index contributed by atoms with van der Waals surface area (Å²) in [5.41, 5.74) is 3.91. The molecule has 0 unspecified atom stereocenters. The Bertz CT molecular complexity index is 1130. The van der Waals surface area contributed by atoms with Crippen LogP contribution in [0.4, 0.5) is 16.5 Å². The average Bonchev–Trinajstić information content (AvgIpc) is 3.36. The summed E-state index contributed by atoms with van der Waals surface area (Å²) in [7, 11) is 0. The number of amides is 1. The highest BCUT2D eigenvalue weighted by molar-refractivity contribution is 8.00. The number of carbonyl (C=O) groups is 1. The molecule has 0 aliphatic carbocycles. The van der Waals surface area contributed by atoms with E-state index in [4.69, 9.17) is 4.98 Å². The molecule has 2 N–H and O–H groups in total. The SMILES string of the molecule is CC(=O)Nc1cccc(Nc2nnc(SCc3csc(Cc4ccccc4)n3)s2)c1. The van der Waals surface area contributed by atoms with E-state index in [2.05, 4.69) is 50.5 Å². The minimum absolute atomic E-state index is 0.101. The lowest BCUT2D eigenvalue weighted by molar-refractivity contribution is -0.114. The topological polar surface area (TPSA) is 79.8 Å². The van der Waals surface area contributed by atoms with Crippen molar-refractivity contribution in [1.82, 2.24) is 15.2 Å². The van der Waals surface area contributed by atoms with Crippen molar-refractivity contribution in [2.75, 3.05) is 10.6 Å². The first kappa shape index (κ1) is 20.5. The molecule has 2 aromatic heterocycles. The van der Waals surface area contributed by atoms with E-state index in [1.165, 1.54) is 23.8 Å². The Morgan fingerprint density at radius 3 is 2.73 bits per heavy atom. The van der Waals surface area contributed by atoms with Crippen LogP contribution >= 0.6 is 34.4 Å². The van der Waals surface area contributed by atoms with E-state index < -0.39 is 0 Å². The van der Waals surface area contributed by atoms with Crippen molar-refractivity contribution in [3.8, 4) is 0 Å². The highest BCUT2D eigenvalue weighted by Gasteiger charge is 2.09. The molecule has 1 amide bonds. The minimum Gasteiger partial charge on any atom is -0.330 e. The predicted molar refractivity (Wildman–Crippen MR) is 125 cm³/mol. The maximum absolute atomic E-state index is 11.2. The van der Waals surface area contributed by atoms with Crippen LogP contribution in [0.15, 0.2) is 64.3 Å². The molecule has 0 saturated heterocycles. The molecule has 0 saturated carbocycles. The first-order valence-electron chi connectivity index (χ1n) is 9.22. The predicted octanol–water partition coefficient (Wildman–Crippen LogP) is 5.58. The molecule has 9 heteroatoms. The molecule has 30 heavy (non-hydrogen) atoms. The van der Waals surface area contributed by atoms with Crippen molar-refractivity contribution in [1.29, 1.82) is 0 Å². The second-order valence-electron chi connectivity index (χ2n) is 6.44. The van der Waals surface area contributed by atoms with Gasteiger partial charge in [-0.3, -0.25) is 4.79 Å². The normalized spacial score (nSPS) is 10.7. The second-order valence-corrected chi connectivity index (χ2v) is 9.59. The number of thioether (sulfide) groups is 1. The van der Waals surface area contributed by atoms with Crippen molar-refractivity contribution >= 4 is 56.8 Å². The van der Waals surface area contributed by atoms with Gasteiger partial charge in [-0.15, -0.1) is 21.5 Å². The van der Waals surface area contributed by atoms with Crippen molar-refractivity contribution < 1.29 is 4.79 Å². The standard InChI is InChI=1S/C21H19N5OS3/c1-14(27)22-16-8-5-9-17(11-16)24-20-25-26-21(30-20)29-13-18-12-28-19(23-18)10-15-6-3-2-4-7-15/h2-9,11-12H,10,13H2,1H3,(H,22,27)(H,24,25). The Kier molecular flexibility index (Phi) is 6.73. The average molecular weight is 454 g/mol. The molecule has 0 radical (unpaired) electrons. The van der Waals surface area contributed by atoms with Crippen LogP contribution in [0.1, 0.15) is 23.2 Å². The molecule has 152 valence electrons. The van der Waals surface area contributed by atoms with Gasteiger partial charge in [0.25, 0.3) is 0 Å². The highest BCUT2D eigenvalue weighted by atomic mass is 32.2. The summed E-state index contributed by atoms with van der Waals surface area (Å²) in [4.78, 5) is 15.9. The number of anilines is 3. The maximum Gasteiger partial charge on any atom is 0.221 e. The van der Waals surface area contributed by atoms with Crippen LogP contribution in [-0.2, 0) is 17.0 Å². The smallest absolute Gasteiger partial charge is 0.221 e. The quantitative estimate of drug-likeness (QED) is 0.339. The Labute approximate surface area is 186 Å². The van der Waals surface area contributed by atoms with E-state index >= 15 is 0 Å². The fraction of sp³-hybridized carbons (Fsp3) is 0.143. The summed E-state index contributed by atoms with van der Waals surface area (Å²) < 4.78 is 0.883. The van der Waals surface area contributed by atoms with Crippen LogP contribution < -0.4 is 10.6 Å². The summed E-state index contributed by atoms with van der Waals surface area (Å²) in [5, 5.41) is 18.4. The summed E-state index contributed by atoms with van der Waals surface area (Å²) in [6.45, 7) is 1.49. The lowest BCUT2D eigenvalue weighted by Crippen LogP contribution is -2.05. The van der Waals surface area contributed by atoms with Gasteiger partial charge in [-0.05, 0) is 23.8 Å². The number of carbonyl (C=O) groups excluding carboxylic acids is 1. The van der Waals surface area contributed by atoms with Gasteiger partial charge in [-0.1, -0.05) is 59.5 Å². The van der Waals surface area contributed by atoms with Crippen LogP contribution in [0, 0.1) is 0 Å². The van der Waals surface area contributed by atoms with E-state index in [0.717, 1.165) is 38.6 Å². The molecule has 2 heterocycles. The highest BCUT2D eigenvalue weighted by Crippen LogP contribution is 2.30. The number of nitrogens with one attached hydrogen (secondary N) is 2. The number of hydrogen-bond acceptors (Lipinski definition) is 8. The zero-order chi connectivity index (χ0) is 20.8. The molecule has 4 rings (SSSR count). The van der Waals surface area contributed by atoms with Gasteiger partial charge in [0.15, 0.2) is 4.34 Å². The largest absolute Gasteiger partial charge is 0.330 e. The Balaban J connectivity index is 1.31. The molecule has 6 nitrogen and oxygen atoms in total. The summed E-state index contributed by atoms with van der Waals surface area (Å²) in [6, 6.07) is 17.9. The van der Waals surface area contributed by atoms with Crippen molar-refractivity contribution in [2.45, 2.75) is 23.4 Å². The van der Waals surface area contributed by atoms with E-state index in [1.807, 2.05) is 30.3 Å². The van der Waals surface area contributed by atoms with Gasteiger partial charge in [0.05, 0.1) is 10.7 Å². The molecule has 2 aromatic carbocycles. The molecule has 4 aromatic rings. The summed E-state index contributed by atoms with van der Waals surface area (Å²) in [6.07, 6.45) is 0.862. The van der Waals surface area contributed by atoms with Gasteiger partial charge in [0.1, 0.15) is 0 Å². The number of rotatable bonds is 8. The van der Waals surface area contributed by atoms with E-state index in [0.29, 0.717) is 5.13 Å². The zero-order valence-corrected chi connectivity index (χ0v) is 18.6. The first-order valence-corrected chi connectivity index (χ1v) is 11.9. The van der Waals surface area contributed by atoms with Crippen LogP contribution in [0.3, 0.4) is 0 Å². The van der Waals surface area contributed by atoms with E-state index in [1.54, 1.807) is 23.1 Å². The van der Waals surface area contributed by atoms with Crippen molar-refractivity contribution in [3.63, 3.8) is 0 Å². The fourth-order valence-corrected chi connectivity index (χ4v) is 5.32. The third-order valence-electron chi connectivity index (χ3n) is 3.98. The summed E-state index contributed by atoms with van der Waals surface area (Å²) in [5.74, 6) is 0.661. The molecule has 0 spiro atoms. The van der Waals surface area contributed by atoms with E-state index in [-0.39, 0.29) is 5.91 Å². The van der Waals surface area contributed by atoms with Crippen molar-refractivity contribution in [3.05, 3.63) is 76.2 Å². The zero-order valence-electron chi connectivity index (χ0n) is 16.2. The van der Waals surface area contributed by atoms with Crippen LogP contribution in [0.25, 0.3) is 0 Å². The molecule has 0 fully saturated rings. The van der Waals surface area contributed by atoms with Gasteiger partial charge in [-0.2, -0.15) is 0 Å². The van der Waals surface area contributed by atoms with Gasteiger partial charge in [0, 0.05) is 35.9 Å². The first-order chi connectivity index (χ1) is 14.6.